The van der Waals surface area contributed by atoms with Gasteiger partial charge in [0.05, 0.1) is 23.1 Å². The predicted molar refractivity (Wildman–Crippen MR) is 127 cm³/mol. The van der Waals surface area contributed by atoms with Crippen molar-refractivity contribution in [3.63, 3.8) is 0 Å². The zero-order valence-electron chi connectivity index (χ0n) is 19.6. The molecule has 184 valence electrons. The average molecular weight is 482 g/mol. The van der Waals surface area contributed by atoms with Crippen LogP contribution in [0.25, 0.3) is 5.76 Å². The number of phenolic OH excluding ortho intramolecular Hbond substituents is 1. The van der Waals surface area contributed by atoms with Crippen molar-refractivity contribution in [1.82, 2.24) is 9.80 Å². The molecule has 0 aliphatic carbocycles. The fourth-order valence-electron chi connectivity index (χ4n) is 4.59. The Morgan fingerprint density at radius 2 is 1.94 bits per heavy atom. The number of nitro groups is 1. The molecular weight excluding hydrogens is 454 g/mol. The van der Waals surface area contributed by atoms with E-state index in [1.54, 1.807) is 18.2 Å². The maximum Gasteiger partial charge on any atom is 0.311 e. The molecule has 4 rings (SSSR count). The molecule has 35 heavy (non-hydrogen) atoms. The molecular formula is C25H27N3O7. The van der Waals surface area contributed by atoms with Gasteiger partial charge < -0.3 is 24.7 Å². The Kier molecular flexibility index (Phi) is 6.74. The van der Waals surface area contributed by atoms with Gasteiger partial charge in [-0.3, -0.25) is 19.7 Å². The largest absolute Gasteiger partial charge is 0.507 e. The monoisotopic (exact) mass is 481 g/mol. The Morgan fingerprint density at radius 3 is 2.63 bits per heavy atom. The first-order valence-electron chi connectivity index (χ1n) is 11.5. The van der Waals surface area contributed by atoms with Crippen molar-refractivity contribution in [2.75, 3.05) is 32.8 Å². The topological polar surface area (TPSA) is 133 Å². The van der Waals surface area contributed by atoms with Crippen molar-refractivity contribution in [2.45, 2.75) is 26.3 Å². The van der Waals surface area contributed by atoms with Crippen LogP contribution in [0.2, 0.25) is 0 Å². The van der Waals surface area contributed by atoms with Gasteiger partial charge in [-0.15, -0.1) is 0 Å². The normalized spacial score (nSPS) is 18.7. The number of ether oxygens (including phenoxy) is 1. The van der Waals surface area contributed by atoms with Crippen LogP contribution in [0.4, 0.5) is 5.69 Å². The number of benzene rings is 2. The number of hydrogen-bond acceptors (Lipinski definition) is 8. The minimum Gasteiger partial charge on any atom is -0.507 e. The third kappa shape index (κ3) is 4.44. The fraction of sp³-hybridized carbons (Fsp3) is 0.360. The molecule has 0 radical (unpaired) electrons. The quantitative estimate of drug-likeness (QED) is 0.193. The maximum absolute atomic E-state index is 13.2. The standard InChI is InChI=1S/C25H27N3O7/c1-3-26(4-2)10-11-27-22(16-5-7-19(29)18(14-16)28(33)34)21(24(31)25(27)32)23(30)17-6-8-20-15(13-17)9-12-35-20/h5-8,13-14,22,29-30H,3-4,9-12H2,1-2H3/b23-21+. The summed E-state index contributed by atoms with van der Waals surface area (Å²) in [6.45, 7) is 6.63. The first-order valence-corrected chi connectivity index (χ1v) is 11.5. The number of nitrogens with zero attached hydrogens (tertiary/aromatic N) is 3. The number of aliphatic hydroxyl groups is 1. The maximum atomic E-state index is 13.2. The van der Waals surface area contributed by atoms with Crippen LogP contribution in [0.5, 0.6) is 11.5 Å². The van der Waals surface area contributed by atoms with E-state index < -0.39 is 34.1 Å². The summed E-state index contributed by atoms with van der Waals surface area (Å²) in [7, 11) is 0. The number of phenols is 1. The lowest BCUT2D eigenvalue weighted by Gasteiger charge is -2.28. The van der Waals surface area contributed by atoms with Crippen LogP contribution in [-0.2, 0) is 16.0 Å². The highest BCUT2D eigenvalue weighted by Crippen LogP contribution is 2.42. The third-order valence-corrected chi connectivity index (χ3v) is 6.57. The van der Waals surface area contributed by atoms with Gasteiger partial charge in [0.2, 0.25) is 0 Å². The van der Waals surface area contributed by atoms with E-state index in [1.165, 1.54) is 11.0 Å². The van der Waals surface area contributed by atoms with Crippen LogP contribution in [-0.4, -0.2) is 69.4 Å². The van der Waals surface area contributed by atoms with E-state index in [1.807, 2.05) is 13.8 Å². The molecule has 0 saturated carbocycles. The Hall–Kier alpha value is -3.92. The average Bonchev–Trinajstić information content (AvgIpc) is 3.42. The molecule has 1 fully saturated rings. The number of aromatic hydroxyl groups is 1. The van der Waals surface area contributed by atoms with E-state index in [9.17, 15) is 29.9 Å². The lowest BCUT2D eigenvalue weighted by atomic mass is 9.94. The number of likely N-dealkylation sites (N-methyl/N-ethyl adjacent to an activating group) is 1. The zero-order chi connectivity index (χ0) is 25.3. The molecule has 1 saturated heterocycles. The minimum absolute atomic E-state index is 0.145. The number of fused-ring (bicyclic) bond motifs is 1. The highest BCUT2D eigenvalue weighted by molar-refractivity contribution is 6.46. The van der Waals surface area contributed by atoms with Gasteiger partial charge in [0.25, 0.3) is 11.7 Å². The Balaban J connectivity index is 1.84. The van der Waals surface area contributed by atoms with Gasteiger partial charge in [0.1, 0.15) is 11.5 Å². The van der Waals surface area contributed by atoms with Crippen molar-refractivity contribution in [1.29, 1.82) is 0 Å². The van der Waals surface area contributed by atoms with Crippen molar-refractivity contribution in [3.8, 4) is 11.5 Å². The van der Waals surface area contributed by atoms with E-state index >= 15 is 0 Å². The van der Waals surface area contributed by atoms with Crippen LogP contribution < -0.4 is 4.74 Å². The zero-order valence-corrected chi connectivity index (χ0v) is 19.6. The Morgan fingerprint density at radius 1 is 1.20 bits per heavy atom. The first-order chi connectivity index (χ1) is 16.8. The first kappa shape index (κ1) is 24.2. The number of aliphatic hydroxyl groups excluding tert-OH is 1. The lowest BCUT2D eigenvalue weighted by molar-refractivity contribution is -0.385. The second kappa shape index (κ2) is 9.75. The second-order valence-corrected chi connectivity index (χ2v) is 8.45. The summed E-state index contributed by atoms with van der Waals surface area (Å²) in [5.74, 6) is -1.84. The summed E-state index contributed by atoms with van der Waals surface area (Å²) in [5.41, 5.74) is 0.787. The molecule has 0 spiro atoms. The number of rotatable bonds is 8. The highest BCUT2D eigenvalue weighted by Gasteiger charge is 2.46. The number of nitro benzene ring substituents is 1. The molecule has 10 nitrogen and oxygen atoms in total. The summed E-state index contributed by atoms with van der Waals surface area (Å²) in [4.78, 5) is 40.4. The fourth-order valence-corrected chi connectivity index (χ4v) is 4.59. The van der Waals surface area contributed by atoms with Gasteiger partial charge in [-0.25, -0.2) is 0 Å². The molecule has 1 unspecified atom stereocenters. The van der Waals surface area contributed by atoms with Crippen molar-refractivity contribution in [2.24, 2.45) is 0 Å². The van der Waals surface area contributed by atoms with Gasteiger partial charge in [-0.05, 0) is 48.5 Å². The minimum atomic E-state index is -1.05. The van der Waals surface area contributed by atoms with Crippen molar-refractivity contribution >= 4 is 23.1 Å². The molecule has 2 aromatic rings. The van der Waals surface area contributed by atoms with Gasteiger partial charge in [0, 0.05) is 31.1 Å². The second-order valence-electron chi connectivity index (χ2n) is 8.45. The molecule has 2 aliphatic rings. The summed E-state index contributed by atoms with van der Waals surface area (Å²) in [5, 5.41) is 32.6. The molecule has 0 bridgehead atoms. The lowest BCUT2D eigenvalue weighted by Crippen LogP contribution is -2.38. The molecule has 2 heterocycles. The van der Waals surface area contributed by atoms with Gasteiger partial charge in [0.15, 0.2) is 5.75 Å². The summed E-state index contributed by atoms with van der Waals surface area (Å²) in [6, 6.07) is 7.71. The van der Waals surface area contributed by atoms with Crippen LogP contribution in [0.3, 0.4) is 0 Å². The van der Waals surface area contributed by atoms with Gasteiger partial charge in [-0.1, -0.05) is 19.9 Å². The molecule has 2 aliphatic heterocycles. The molecule has 0 aromatic heterocycles. The Labute approximate surface area is 202 Å². The van der Waals surface area contributed by atoms with Crippen LogP contribution in [0, 0.1) is 10.1 Å². The number of carbonyl (C=O) groups excluding carboxylic acids is 2. The van der Waals surface area contributed by atoms with Crippen LogP contribution in [0.1, 0.15) is 36.6 Å². The number of likely N-dealkylation sites (tertiary alicyclic amines) is 1. The predicted octanol–water partition coefficient (Wildman–Crippen LogP) is 3.00. The highest BCUT2D eigenvalue weighted by atomic mass is 16.6. The van der Waals surface area contributed by atoms with E-state index in [2.05, 4.69) is 4.90 Å². The third-order valence-electron chi connectivity index (χ3n) is 6.57. The number of carbonyl (C=O) groups is 2. The van der Waals surface area contributed by atoms with E-state index in [0.717, 1.165) is 30.8 Å². The Bertz CT molecular complexity index is 1220. The van der Waals surface area contributed by atoms with E-state index in [-0.39, 0.29) is 23.4 Å². The molecule has 2 aromatic carbocycles. The smallest absolute Gasteiger partial charge is 0.311 e. The van der Waals surface area contributed by atoms with Crippen LogP contribution >= 0.6 is 0 Å². The van der Waals surface area contributed by atoms with Gasteiger partial charge in [-0.2, -0.15) is 0 Å². The van der Waals surface area contributed by atoms with E-state index in [0.29, 0.717) is 30.9 Å². The molecule has 1 amide bonds. The molecule has 1 atom stereocenters. The molecule has 2 N–H and O–H groups in total. The van der Waals surface area contributed by atoms with Crippen molar-refractivity contribution in [3.05, 3.63) is 68.8 Å². The SMILES string of the molecule is CCN(CC)CCN1C(=O)C(=O)/C(=C(/O)c2ccc3c(c2)CCO3)C1c1ccc(O)c([N+](=O)[O-])c1. The summed E-state index contributed by atoms with van der Waals surface area (Å²) >= 11 is 0. The number of amides is 1. The number of Topliss-reactive ketones (excluding diaryl/α,β-unsaturated/α-hetero) is 1. The molecule has 10 heteroatoms. The van der Waals surface area contributed by atoms with Crippen molar-refractivity contribution < 1.29 is 29.5 Å². The van der Waals surface area contributed by atoms with Crippen LogP contribution in [0.15, 0.2) is 42.0 Å². The summed E-state index contributed by atoms with van der Waals surface area (Å²) in [6.07, 6.45) is 0.655. The number of ketones is 1. The van der Waals surface area contributed by atoms with E-state index in [4.69, 9.17) is 4.74 Å². The number of hydrogen-bond donors (Lipinski definition) is 2. The van der Waals surface area contributed by atoms with Gasteiger partial charge >= 0.3 is 5.69 Å². The summed E-state index contributed by atoms with van der Waals surface area (Å²) < 4.78 is 5.51.